The van der Waals surface area contributed by atoms with E-state index in [0.717, 1.165) is 23.5 Å². The van der Waals surface area contributed by atoms with Gasteiger partial charge in [-0.2, -0.15) is 0 Å². The van der Waals surface area contributed by atoms with Gasteiger partial charge in [0, 0.05) is 0 Å². The van der Waals surface area contributed by atoms with Gasteiger partial charge in [0.15, 0.2) is 4.67 Å². The Kier molecular flexibility index (Phi) is 4.44. The fourth-order valence-electron chi connectivity index (χ4n) is 1.68. The molecule has 96 valence electrons. The molecule has 0 bridgehead atoms. The van der Waals surface area contributed by atoms with E-state index in [1.54, 1.807) is 0 Å². The van der Waals surface area contributed by atoms with Crippen LogP contribution in [0, 0.1) is 0 Å². The summed E-state index contributed by atoms with van der Waals surface area (Å²) in [6, 6.07) is 11.2. The third-order valence-corrected chi connectivity index (χ3v) is 3.02. The number of halogens is 1. The van der Waals surface area contributed by atoms with Crippen molar-refractivity contribution in [3.63, 3.8) is 0 Å². The minimum atomic E-state index is -0.276. The highest BCUT2D eigenvalue weighted by Crippen LogP contribution is 2.26. The first-order valence-electron chi connectivity index (χ1n) is 5.94. The SMILES string of the molecule is CCCOc1cccc(C(N)c2ccc(Br)o2)c1. The summed E-state index contributed by atoms with van der Waals surface area (Å²) in [6.07, 6.45) is 0.988. The van der Waals surface area contributed by atoms with Crippen molar-refractivity contribution in [2.45, 2.75) is 19.4 Å². The van der Waals surface area contributed by atoms with Crippen LogP contribution in [0.3, 0.4) is 0 Å². The molecule has 1 unspecified atom stereocenters. The number of benzene rings is 1. The van der Waals surface area contributed by atoms with Crippen molar-refractivity contribution < 1.29 is 9.15 Å². The molecule has 2 aromatic rings. The van der Waals surface area contributed by atoms with Crippen LogP contribution in [0.1, 0.15) is 30.7 Å². The lowest BCUT2D eigenvalue weighted by molar-refractivity contribution is 0.317. The first-order valence-corrected chi connectivity index (χ1v) is 6.73. The highest BCUT2D eigenvalue weighted by molar-refractivity contribution is 9.10. The van der Waals surface area contributed by atoms with Crippen molar-refractivity contribution in [3.05, 3.63) is 52.4 Å². The van der Waals surface area contributed by atoms with E-state index in [9.17, 15) is 0 Å². The maximum absolute atomic E-state index is 6.16. The van der Waals surface area contributed by atoms with Crippen LogP contribution in [0.5, 0.6) is 5.75 Å². The van der Waals surface area contributed by atoms with Crippen LogP contribution >= 0.6 is 15.9 Å². The molecule has 1 aromatic heterocycles. The Balaban J connectivity index is 2.17. The summed E-state index contributed by atoms with van der Waals surface area (Å²) < 4.78 is 11.7. The Morgan fingerprint density at radius 3 is 2.83 bits per heavy atom. The predicted octanol–water partition coefficient (Wildman–Crippen LogP) is 3.88. The maximum atomic E-state index is 6.16. The van der Waals surface area contributed by atoms with Crippen LogP contribution in [0.25, 0.3) is 0 Å². The number of hydrogen-bond donors (Lipinski definition) is 1. The fraction of sp³-hybridized carbons (Fsp3) is 0.286. The molecule has 0 aliphatic carbocycles. The Labute approximate surface area is 115 Å². The molecule has 0 saturated carbocycles. The van der Waals surface area contributed by atoms with Gasteiger partial charge in [0.2, 0.25) is 0 Å². The van der Waals surface area contributed by atoms with Crippen molar-refractivity contribution in [1.29, 1.82) is 0 Å². The number of rotatable bonds is 5. The van der Waals surface area contributed by atoms with Crippen molar-refractivity contribution in [1.82, 2.24) is 0 Å². The molecule has 1 aromatic carbocycles. The standard InChI is InChI=1S/C14H16BrNO2/c1-2-8-17-11-5-3-4-10(9-11)14(16)12-6-7-13(15)18-12/h3-7,9,14H,2,8,16H2,1H3. The largest absolute Gasteiger partial charge is 0.494 e. The van der Waals surface area contributed by atoms with Crippen molar-refractivity contribution in [2.24, 2.45) is 5.73 Å². The maximum Gasteiger partial charge on any atom is 0.169 e. The van der Waals surface area contributed by atoms with E-state index in [2.05, 4.69) is 22.9 Å². The van der Waals surface area contributed by atoms with E-state index in [1.165, 1.54) is 0 Å². The molecule has 2 N–H and O–H groups in total. The van der Waals surface area contributed by atoms with Crippen LogP contribution in [-0.2, 0) is 0 Å². The van der Waals surface area contributed by atoms with E-state index in [4.69, 9.17) is 14.9 Å². The summed E-state index contributed by atoms with van der Waals surface area (Å²) in [5, 5.41) is 0. The average Bonchev–Trinajstić information content (AvgIpc) is 2.82. The van der Waals surface area contributed by atoms with Gasteiger partial charge in [0.05, 0.1) is 12.6 Å². The summed E-state index contributed by atoms with van der Waals surface area (Å²) in [5.74, 6) is 1.57. The zero-order valence-electron chi connectivity index (χ0n) is 10.2. The van der Waals surface area contributed by atoms with E-state index in [-0.39, 0.29) is 6.04 Å². The summed E-state index contributed by atoms with van der Waals surface area (Å²) in [6.45, 7) is 2.79. The summed E-state index contributed by atoms with van der Waals surface area (Å²) >= 11 is 3.27. The van der Waals surface area contributed by atoms with Crippen LogP contribution in [0.4, 0.5) is 0 Å². The number of ether oxygens (including phenoxy) is 1. The molecule has 0 fully saturated rings. The van der Waals surface area contributed by atoms with Gasteiger partial charge in [0.1, 0.15) is 11.5 Å². The summed E-state index contributed by atoms with van der Waals surface area (Å²) in [4.78, 5) is 0. The second-order valence-electron chi connectivity index (χ2n) is 4.04. The highest BCUT2D eigenvalue weighted by Gasteiger charge is 2.13. The van der Waals surface area contributed by atoms with Crippen LogP contribution in [0.15, 0.2) is 45.5 Å². The molecular weight excluding hydrogens is 294 g/mol. The molecule has 0 aliphatic rings. The quantitative estimate of drug-likeness (QED) is 0.911. The topological polar surface area (TPSA) is 48.4 Å². The van der Waals surface area contributed by atoms with Gasteiger partial charge in [-0.1, -0.05) is 19.1 Å². The summed E-state index contributed by atoms with van der Waals surface area (Å²) in [7, 11) is 0. The van der Waals surface area contributed by atoms with Crippen LogP contribution in [-0.4, -0.2) is 6.61 Å². The molecular formula is C14H16BrNO2. The lowest BCUT2D eigenvalue weighted by Gasteiger charge is -2.11. The van der Waals surface area contributed by atoms with E-state index in [1.807, 2.05) is 36.4 Å². The Morgan fingerprint density at radius 1 is 1.33 bits per heavy atom. The first kappa shape index (κ1) is 13.2. The zero-order chi connectivity index (χ0) is 13.0. The monoisotopic (exact) mass is 309 g/mol. The smallest absolute Gasteiger partial charge is 0.169 e. The van der Waals surface area contributed by atoms with Gasteiger partial charge in [-0.05, 0) is 52.2 Å². The Hall–Kier alpha value is -1.26. The lowest BCUT2D eigenvalue weighted by atomic mass is 10.1. The molecule has 0 amide bonds. The molecule has 18 heavy (non-hydrogen) atoms. The van der Waals surface area contributed by atoms with Gasteiger partial charge in [-0.3, -0.25) is 0 Å². The highest BCUT2D eigenvalue weighted by atomic mass is 79.9. The van der Waals surface area contributed by atoms with Crippen LogP contribution in [0.2, 0.25) is 0 Å². The van der Waals surface area contributed by atoms with E-state index < -0.39 is 0 Å². The zero-order valence-corrected chi connectivity index (χ0v) is 11.8. The van der Waals surface area contributed by atoms with E-state index >= 15 is 0 Å². The Bertz CT molecular complexity index is 510. The van der Waals surface area contributed by atoms with Gasteiger partial charge in [-0.15, -0.1) is 0 Å². The molecule has 1 atom stereocenters. The molecule has 0 saturated heterocycles. The Morgan fingerprint density at radius 2 is 2.17 bits per heavy atom. The van der Waals surface area contributed by atoms with Crippen molar-refractivity contribution in [3.8, 4) is 5.75 Å². The van der Waals surface area contributed by atoms with Crippen LogP contribution < -0.4 is 10.5 Å². The molecule has 0 aliphatic heterocycles. The van der Waals surface area contributed by atoms with Gasteiger partial charge < -0.3 is 14.9 Å². The lowest BCUT2D eigenvalue weighted by Crippen LogP contribution is -2.11. The molecule has 4 heteroatoms. The van der Waals surface area contributed by atoms with Crippen molar-refractivity contribution >= 4 is 15.9 Å². The number of hydrogen-bond acceptors (Lipinski definition) is 3. The predicted molar refractivity (Wildman–Crippen MR) is 74.7 cm³/mol. The minimum Gasteiger partial charge on any atom is -0.494 e. The normalized spacial score (nSPS) is 12.4. The molecule has 0 spiro atoms. The minimum absolute atomic E-state index is 0.276. The molecule has 2 rings (SSSR count). The fourth-order valence-corrected chi connectivity index (χ4v) is 2.00. The average molecular weight is 310 g/mol. The third kappa shape index (κ3) is 3.15. The van der Waals surface area contributed by atoms with Crippen molar-refractivity contribution in [2.75, 3.05) is 6.61 Å². The number of furan rings is 1. The molecule has 3 nitrogen and oxygen atoms in total. The molecule has 0 radical (unpaired) electrons. The summed E-state index contributed by atoms with van der Waals surface area (Å²) in [5.41, 5.74) is 7.13. The molecule has 1 heterocycles. The number of nitrogens with two attached hydrogens (primary N) is 1. The third-order valence-electron chi connectivity index (χ3n) is 2.59. The first-order chi connectivity index (χ1) is 8.70. The van der Waals surface area contributed by atoms with E-state index in [0.29, 0.717) is 11.3 Å². The van der Waals surface area contributed by atoms with Gasteiger partial charge >= 0.3 is 0 Å². The second-order valence-corrected chi connectivity index (χ2v) is 4.82. The van der Waals surface area contributed by atoms with Gasteiger partial charge in [-0.25, -0.2) is 0 Å². The van der Waals surface area contributed by atoms with Gasteiger partial charge in [0.25, 0.3) is 0 Å². The second kappa shape index (κ2) is 6.07.